The van der Waals surface area contributed by atoms with Gasteiger partial charge in [0.25, 0.3) is 0 Å². The summed E-state index contributed by atoms with van der Waals surface area (Å²) in [5.41, 5.74) is 1.02. The van der Waals surface area contributed by atoms with Gasteiger partial charge in [-0.2, -0.15) is 12.6 Å². The largest absolute Gasteiger partial charge is 0.507 e. The number of aromatic hydroxyl groups is 1. The van der Waals surface area contributed by atoms with Crippen molar-refractivity contribution in [3.8, 4) is 5.75 Å². The van der Waals surface area contributed by atoms with E-state index in [1.54, 1.807) is 12.1 Å². The molecule has 1 aromatic rings. The first-order valence-electron chi connectivity index (χ1n) is 2.82. The van der Waals surface area contributed by atoms with Crippen LogP contribution in [0.2, 0.25) is 0 Å². The van der Waals surface area contributed by atoms with Crippen LogP contribution >= 0.6 is 28.6 Å². The van der Waals surface area contributed by atoms with E-state index in [2.05, 4.69) is 28.6 Å². The zero-order chi connectivity index (χ0) is 7.56. The maximum atomic E-state index is 9.15. The summed E-state index contributed by atoms with van der Waals surface area (Å²) in [4.78, 5) is 0. The zero-order valence-electron chi connectivity index (χ0n) is 5.21. The fraction of sp³-hybridized carbons (Fsp3) is 0.143. The summed E-state index contributed by atoms with van der Waals surface area (Å²) >= 11 is 7.25. The van der Waals surface area contributed by atoms with Crippen molar-refractivity contribution >= 4 is 28.6 Å². The minimum Gasteiger partial charge on any atom is -0.507 e. The van der Waals surface area contributed by atoms with Crippen LogP contribution in [0.15, 0.2) is 22.7 Å². The number of halogens is 1. The van der Waals surface area contributed by atoms with Crippen LogP contribution in [0.4, 0.5) is 0 Å². The van der Waals surface area contributed by atoms with Gasteiger partial charge in [0.05, 0.1) is 4.47 Å². The Morgan fingerprint density at radius 1 is 1.50 bits per heavy atom. The highest BCUT2D eigenvalue weighted by Crippen LogP contribution is 2.24. The van der Waals surface area contributed by atoms with Crippen molar-refractivity contribution in [3.63, 3.8) is 0 Å². The lowest BCUT2D eigenvalue weighted by atomic mass is 10.2. The van der Waals surface area contributed by atoms with Gasteiger partial charge in [0.1, 0.15) is 5.75 Å². The van der Waals surface area contributed by atoms with Crippen molar-refractivity contribution in [1.29, 1.82) is 0 Å². The monoisotopic (exact) mass is 218 g/mol. The number of phenolic OH excluding ortho intramolecular Hbond substituents is 1. The molecule has 0 aliphatic heterocycles. The summed E-state index contributed by atoms with van der Waals surface area (Å²) in [7, 11) is 0. The van der Waals surface area contributed by atoms with E-state index < -0.39 is 0 Å². The number of hydrogen-bond donors (Lipinski definition) is 2. The van der Waals surface area contributed by atoms with Crippen molar-refractivity contribution in [2.24, 2.45) is 0 Å². The number of hydrogen-bond acceptors (Lipinski definition) is 2. The van der Waals surface area contributed by atoms with Gasteiger partial charge in [0.2, 0.25) is 0 Å². The molecular formula is C7H7BrOS. The molecule has 54 valence electrons. The molecule has 0 aromatic heterocycles. The van der Waals surface area contributed by atoms with E-state index in [4.69, 9.17) is 5.11 Å². The van der Waals surface area contributed by atoms with Crippen molar-refractivity contribution in [1.82, 2.24) is 0 Å². The quantitative estimate of drug-likeness (QED) is 0.695. The highest BCUT2D eigenvalue weighted by molar-refractivity contribution is 9.10. The predicted molar refractivity (Wildman–Crippen MR) is 48.5 cm³/mol. The van der Waals surface area contributed by atoms with E-state index in [9.17, 15) is 0 Å². The van der Waals surface area contributed by atoms with Crippen molar-refractivity contribution in [2.45, 2.75) is 5.75 Å². The lowest BCUT2D eigenvalue weighted by Gasteiger charge is -1.98. The molecule has 0 unspecified atom stereocenters. The SMILES string of the molecule is Oc1cc(CS)ccc1Br. The Hall–Kier alpha value is -0.150. The molecule has 0 atom stereocenters. The van der Waals surface area contributed by atoms with Crippen LogP contribution in [0.1, 0.15) is 5.56 Å². The molecular weight excluding hydrogens is 212 g/mol. The smallest absolute Gasteiger partial charge is 0.130 e. The van der Waals surface area contributed by atoms with Gasteiger partial charge in [0.15, 0.2) is 0 Å². The van der Waals surface area contributed by atoms with E-state index >= 15 is 0 Å². The maximum Gasteiger partial charge on any atom is 0.130 e. The number of thiol groups is 1. The standard InChI is InChI=1S/C7H7BrOS/c8-6-2-1-5(4-10)3-7(6)9/h1-3,9-10H,4H2. The minimum atomic E-state index is 0.270. The van der Waals surface area contributed by atoms with Gasteiger partial charge in [-0.05, 0) is 33.6 Å². The van der Waals surface area contributed by atoms with Crippen molar-refractivity contribution in [3.05, 3.63) is 28.2 Å². The first-order valence-corrected chi connectivity index (χ1v) is 4.25. The van der Waals surface area contributed by atoms with Crippen molar-refractivity contribution in [2.75, 3.05) is 0 Å². The molecule has 0 saturated carbocycles. The van der Waals surface area contributed by atoms with Crippen LogP contribution < -0.4 is 0 Å². The van der Waals surface area contributed by atoms with E-state index in [-0.39, 0.29) is 5.75 Å². The molecule has 0 amide bonds. The second-order valence-electron chi connectivity index (χ2n) is 1.94. The molecule has 0 heterocycles. The van der Waals surface area contributed by atoms with Gasteiger partial charge < -0.3 is 5.11 Å². The Morgan fingerprint density at radius 2 is 2.20 bits per heavy atom. The lowest BCUT2D eigenvalue weighted by Crippen LogP contribution is -1.76. The molecule has 0 radical (unpaired) electrons. The van der Waals surface area contributed by atoms with E-state index in [0.717, 1.165) is 10.0 Å². The van der Waals surface area contributed by atoms with Crippen LogP contribution in [0, 0.1) is 0 Å². The Morgan fingerprint density at radius 3 is 2.70 bits per heavy atom. The first kappa shape index (κ1) is 7.95. The predicted octanol–water partition coefficient (Wildman–Crippen LogP) is 2.58. The molecule has 0 bridgehead atoms. The third-order valence-electron chi connectivity index (χ3n) is 1.19. The zero-order valence-corrected chi connectivity index (χ0v) is 7.69. The molecule has 1 N–H and O–H groups in total. The van der Waals surface area contributed by atoms with Gasteiger partial charge in [-0.1, -0.05) is 6.07 Å². The molecule has 10 heavy (non-hydrogen) atoms. The van der Waals surface area contributed by atoms with E-state index in [1.807, 2.05) is 6.07 Å². The maximum absolute atomic E-state index is 9.15. The number of phenols is 1. The van der Waals surface area contributed by atoms with Crippen LogP contribution in [0.5, 0.6) is 5.75 Å². The molecule has 0 saturated heterocycles. The highest BCUT2D eigenvalue weighted by atomic mass is 79.9. The summed E-state index contributed by atoms with van der Waals surface area (Å²) in [5.74, 6) is 0.924. The fourth-order valence-corrected chi connectivity index (χ4v) is 1.10. The molecule has 3 heteroatoms. The summed E-state index contributed by atoms with van der Waals surface area (Å²) < 4.78 is 0.720. The molecule has 0 fully saturated rings. The number of rotatable bonds is 1. The Balaban J connectivity index is 3.04. The van der Waals surface area contributed by atoms with Gasteiger partial charge >= 0.3 is 0 Å². The third kappa shape index (κ3) is 1.67. The highest BCUT2D eigenvalue weighted by Gasteiger charge is 1.96. The average Bonchev–Trinajstić information content (AvgIpc) is 1.95. The first-order chi connectivity index (χ1) is 4.74. The van der Waals surface area contributed by atoms with Gasteiger partial charge in [-0.3, -0.25) is 0 Å². The van der Waals surface area contributed by atoms with E-state index in [0.29, 0.717) is 5.75 Å². The second kappa shape index (κ2) is 3.30. The average molecular weight is 219 g/mol. The van der Waals surface area contributed by atoms with Gasteiger partial charge in [0, 0.05) is 5.75 Å². The second-order valence-corrected chi connectivity index (χ2v) is 3.11. The lowest BCUT2D eigenvalue weighted by molar-refractivity contribution is 0.471. The van der Waals surface area contributed by atoms with Crippen LogP contribution in [-0.2, 0) is 5.75 Å². The number of benzene rings is 1. The molecule has 1 aromatic carbocycles. The molecule has 0 spiro atoms. The van der Waals surface area contributed by atoms with E-state index in [1.165, 1.54) is 0 Å². The Bertz CT molecular complexity index is 237. The van der Waals surface area contributed by atoms with Gasteiger partial charge in [-0.15, -0.1) is 0 Å². The van der Waals surface area contributed by atoms with Gasteiger partial charge in [-0.25, -0.2) is 0 Å². The molecule has 0 aliphatic carbocycles. The minimum absolute atomic E-state index is 0.270. The summed E-state index contributed by atoms with van der Waals surface area (Å²) in [6, 6.07) is 5.41. The van der Waals surface area contributed by atoms with Crippen LogP contribution in [0.3, 0.4) is 0 Å². The summed E-state index contributed by atoms with van der Waals surface area (Å²) in [6.45, 7) is 0. The fourth-order valence-electron chi connectivity index (χ4n) is 0.657. The summed E-state index contributed by atoms with van der Waals surface area (Å²) in [5, 5.41) is 9.15. The molecule has 0 aliphatic rings. The topological polar surface area (TPSA) is 20.2 Å². The normalized spacial score (nSPS) is 9.80. The third-order valence-corrected chi connectivity index (χ3v) is 2.23. The molecule has 1 nitrogen and oxygen atoms in total. The van der Waals surface area contributed by atoms with Crippen LogP contribution in [-0.4, -0.2) is 5.11 Å². The molecule has 1 rings (SSSR count). The van der Waals surface area contributed by atoms with Crippen LogP contribution in [0.25, 0.3) is 0 Å². The Kier molecular flexibility index (Phi) is 2.63. The van der Waals surface area contributed by atoms with Crippen molar-refractivity contribution < 1.29 is 5.11 Å². The Labute approximate surface area is 73.6 Å². The summed E-state index contributed by atoms with van der Waals surface area (Å²) in [6.07, 6.45) is 0.